The van der Waals surface area contributed by atoms with Gasteiger partial charge in [-0.25, -0.2) is 0 Å². The standard InChI is InChI=1S/C17H30N4/c1-5-17(6-2)12-18-16(14-7-8-14)11-21(17)10-15-9-13(3)19-20(15)4/h9,14,16,18H,5-8,10-12H2,1-4H3. The lowest BCUT2D eigenvalue weighted by Gasteiger charge is -2.50. The van der Waals surface area contributed by atoms with Crippen LogP contribution in [0.15, 0.2) is 6.07 Å². The van der Waals surface area contributed by atoms with Gasteiger partial charge >= 0.3 is 0 Å². The number of rotatable bonds is 5. The summed E-state index contributed by atoms with van der Waals surface area (Å²) in [6.45, 7) is 10.1. The van der Waals surface area contributed by atoms with Crippen molar-refractivity contribution in [3.05, 3.63) is 17.5 Å². The monoisotopic (exact) mass is 290 g/mol. The summed E-state index contributed by atoms with van der Waals surface area (Å²) in [6, 6.07) is 2.94. The van der Waals surface area contributed by atoms with Gasteiger partial charge in [-0.3, -0.25) is 9.58 Å². The highest BCUT2D eigenvalue weighted by molar-refractivity contribution is 5.11. The van der Waals surface area contributed by atoms with E-state index in [4.69, 9.17) is 0 Å². The fourth-order valence-corrected chi connectivity index (χ4v) is 3.93. The van der Waals surface area contributed by atoms with E-state index in [2.05, 4.69) is 53.9 Å². The first-order chi connectivity index (χ1) is 10.1. The summed E-state index contributed by atoms with van der Waals surface area (Å²) in [7, 11) is 2.07. The van der Waals surface area contributed by atoms with Gasteiger partial charge in [0.25, 0.3) is 0 Å². The number of hydrogen-bond donors (Lipinski definition) is 1. The molecule has 0 spiro atoms. The molecule has 0 amide bonds. The highest BCUT2D eigenvalue weighted by atomic mass is 15.3. The Morgan fingerprint density at radius 2 is 2.05 bits per heavy atom. The molecular weight excluding hydrogens is 260 g/mol. The van der Waals surface area contributed by atoms with E-state index in [-0.39, 0.29) is 0 Å². The average Bonchev–Trinajstić information content (AvgIpc) is 3.26. The van der Waals surface area contributed by atoms with Gasteiger partial charge in [0.05, 0.1) is 11.4 Å². The van der Waals surface area contributed by atoms with Crippen LogP contribution in [-0.4, -0.2) is 39.4 Å². The smallest absolute Gasteiger partial charge is 0.0597 e. The lowest BCUT2D eigenvalue weighted by Crippen LogP contribution is -2.64. The fourth-order valence-electron chi connectivity index (χ4n) is 3.93. The second-order valence-electron chi connectivity index (χ2n) is 7.04. The Morgan fingerprint density at radius 1 is 1.33 bits per heavy atom. The first-order valence-corrected chi connectivity index (χ1v) is 8.56. The van der Waals surface area contributed by atoms with Crippen LogP contribution >= 0.6 is 0 Å². The summed E-state index contributed by atoms with van der Waals surface area (Å²) in [5.74, 6) is 0.924. The Labute approximate surface area is 128 Å². The van der Waals surface area contributed by atoms with Gasteiger partial charge in [-0.1, -0.05) is 13.8 Å². The fraction of sp³-hybridized carbons (Fsp3) is 0.824. The first-order valence-electron chi connectivity index (χ1n) is 8.56. The number of hydrogen-bond acceptors (Lipinski definition) is 3. The SMILES string of the molecule is CCC1(CC)CNC(C2CC2)CN1Cc1cc(C)nn1C. The highest BCUT2D eigenvalue weighted by Crippen LogP contribution is 2.37. The van der Waals surface area contributed by atoms with E-state index in [9.17, 15) is 0 Å². The molecule has 1 aromatic heterocycles. The topological polar surface area (TPSA) is 33.1 Å². The Morgan fingerprint density at radius 3 is 2.57 bits per heavy atom. The number of nitrogens with zero attached hydrogens (tertiary/aromatic N) is 3. The highest BCUT2D eigenvalue weighted by Gasteiger charge is 2.43. The van der Waals surface area contributed by atoms with E-state index in [0.29, 0.717) is 11.6 Å². The van der Waals surface area contributed by atoms with Crippen molar-refractivity contribution < 1.29 is 0 Å². The molecule has 1 saturated heterocycles. The molecule has 1 aromatic rings. The molecule has 4 nitrogen and oxygen atoms in total. The van der Waals surface area contributed by atoms with Crippen molar-refractivity contribution >= 4 is 0 Å². The van der Waals surface area contributed by atoms with Gasteiger partial charge in [0.2, 0.25) is 0 Å². The average molecular weight is 290 g/mol. The third-order valence-corrected chi connectivity index (χ3v) is 5.74. The van der Waals surface area contributed by atoms with Crippen LogP contribution in [0, 0.1) is 12.8 Å². The van der Waals surface area contributed by atoms with Crippen molar-refractivity contribution in [1.82, 2.24) is 20.0 Å². The van der Waals surface area contributed by atoms with Crippen LogP contribution in [0.3, 0.4) is 0 Å². The van der Waals surface area contributed by atoms with Gasteiger partial charge in [0, 0.05) is 38.3 Å². The van der Waals surface area contributed by atoms with Gasteiger partial charge in [-0.2, -0.15) is 5.10 Å². The van der Waals surface area contributed by atoms with E-state index >= 15 is 0 Å². The molecule has 1 aliphatic carbocycles. The maximum Gasteiger partial charge on any atom is 0.0597 e. The number of aryl methyl sites for hydroxylation is 2. The zero-order valence-electron chi connectivity index (χ0n) is 14.0. The van der Waals surface area contributed by atoms with Gasteiger partial charge in [-0.05, 0) is 44.6 Å². The largest absolute Gasteiger partial charge is 0.311 e. The van der Waals surface area contributed by atoms with Crippen molar-refractivity contribution in [2.75, 3.05) is 13.1 Å². The summed E-state index contributed by atoms with van der Waals surface area (Å²) < 4.78 is 2.06. The Bertz CT molecular complexity index is 485. The molecule has 3 rings (SSSR count). The summed E-state index contributed by atoms with van der Waals surface area (Å²) in [5.41, 5.74) is 2.78. The van der Waals surface area contributed by atoms with Gasteiger partial charge in [0.15, 0.2) is 0 Å². The molecule has 0 bridgehead atoms. The summed E-state index contributed by atoms with van der Waals surface area (Å²) in [6.07, 6.45) is 5.26. The zero-order chi connectivity index (χ0) is 15.0. The minimum absolute atomic E-state index is 0.309. The van der Waals surface area contributed by atoms with Crippen LogP contribution in [0.4, 0.5) is 0 Å². The molecule has 21 heavy (non-hydrogen) atoms. The molecule has 1 atom stereocenters. The quantitative estimate of drug-likeness (QED) is 0.904. The van der Waals surface area contributed by atoms with Gasteiger partial charge in [0.1, 0.15) is 0 Å². The molecule has 1 saturated carbocycles. The van der Waals surface area contributed by atoms with Crippen LogP contribution in [0.5, 0.6) is 0 Å². The molecule has 2 fully saturated rings. The number of nitrogens with one attached hydrogen (secondary N) is 1. The van der Waals surface area contributed by atoms with E-state index in [0.717, 1.165) is 24.7 Å². The third-order valence-electron chi connectivity index (χ3n) is 5.74. The maximum atomic E-state index is 4.52. The molecule has 2 heterocycles. The minimum Gasteiger partial charge on any atom is -0.311 e. The molecule has 0 aromatic carbocycles. The maximum absolute atomic E-state index is 4.52. The minimum atomic E-state index is 0.309. The number of aromatic nitrogens is 2. The first kappa shape index (κ1) is 15.0. The lowest BCUT2D eigenvalue weighted by molar-refractivity contribution is 0.0185. The van der Waals surface area contributed by atoms with Crippen LogP contribution in [0.25, 0.3) is 0 Å². The molecule has 4 heteroatoms. The normalized spacial score (nSPS) is 26.2. The van der Waals surface area contributed by atoms with Crippen molar-refractivity contribution in [1.29, 1.82) is 0 Å². The van der Waals surface area contributed by atoms with E-state index < -0.39 is 0 Å². The Hall–Kier alpha value is -0.870. The molecule has 1 unspecified atom stereocenters. The van der Waals surface area contributed by atoms with Crippen LogP contribution in [0.1, 0.15) is 50.9 Å². The zero-order valence-corrected chi connectivity index (χ0v) is 14.0. The third kappa shape index (κ3) is 2.88. The van der Waals surface area contributed by atoms with Gasteiger partial charge in [-0.15, -0.1) is 0 Å². The van der Waals surface area contributed by atoms with E-state index in [1.165, 1.54) is 37.9 Å². The van der Waals surface area contributed by atoms with Crippen molar-refractivity contribution in [2.24, 2.45) is 13.0 Å². The lowest BCUT2D eigenvalue weighted by atomic mass is 9.86. The van der Waals surface area contributed by atoms with E-state index in [1.54, 1.807) is 0 Å². The molecule has 1 aliphatic heterocycles. The summed E-state index contributed by atoms with van der Waals surface area (Å²) >= 11 is 0. The molecule has 0 radical (unpaired) electrons. The van der Waals surface area contributed by atoms with Gasteiger partial charge < -0.3 is 5.32 Å². The summed E-state index contributed by atoms with van der Waals surface area (Å²) in [5, 5.41) is 8.36. The van der Waals surface area contributed by atoms with Crippen LogP contribution in [0.2, 0.25) is 0 Å². The number of piperazine rings is 1. The molecule has 2 aliphatic rings. The van der Waals surface area contributed by atoms with Crippen molar-refractivity contribution in [2.45, 2.75) is 64.6 Å². The predicted octanol–water partition coefficient (Wildman–Crippen LogP) is 2.47. The molecule has 1 N–H and O–H groups in total. The van der Waals surface area contributed by atoms with Crippen LogP contribution < -0.4 is 5.32 Å². The molecule has 118 valence electrons. The van der Waals surface area contributed by atoms with Crippen molar-refractivity contribution in [3.63, 3.8) is 0 Å². The van der Waals surface area contributed by atoms with E-state index in [1.807, 2.05) is 0 Å². The second kappa shape index (κ2) is 5.73. The Balaban J connectivity index is 1.80. The van der Waals surface area contributed by atoms with Crippen LogP contribution in [-0.2, 0) is 13.6 Å². The molecular formula is C17H30N4. The Kier molecular flexibility index (Phi) is 4.10. The second-order valence-corrected chi connectivity index (χ2v) is 7.04. The van der Waals surface area contributed by atoms with Crippen molar-refractivity contribution in [3.8, 4) is 0 Å². The summed E-state index contributed by atoms with van der Waals surface area (Å²) in [4.78, 5) is 2.74. The predicted molar refractivity (Wildman–Crippen MR) is 86.2 cm³/mol.